The molecule has 0 spiro atoms. The maximum absolute atomic E-state index is 11.7. The van der Waals surface area contributed by atoms with Crippen molar-refractivity contribution in [2.75, 3.05) is 10.6 Å². The van der Waals surface area contributed by atoms with Crippen LogP contribution in [0.4, 0.5) is 34.5 Å². The fourth-order valence-corrected chi connectivity index (χ4v) is 7.97. The molecule has 3 aromatic heterocycles. The molecule has 0 saturated heterocycles. The number of thiazole rings is 1. The number of nitrogens with zero attached hydrogens (tertiary/aromatic N) is 7. The third kappa shape index (κ3) is 8.51. The first kappa shape index (κ1) is 41.3. The van der Waals surface area contributed by atoms with E-state index in [4.69, 9.17) is 15.2 Å². The van der Waals surface area contributed by atoms with Crippen molar-refractivity contribution in [1.29, 1.82) is 5.26 Å². The van der Waals surface area contributed by atoms with Crippen LogP contribution in [0, 0.1) is 59.8 Å². The summed E-state index contributed by atoms with van der Waals surface area (Å²) in [6.45, 7) is 20.1. The Kier molecular flexibility index (Phi) is 12.0. The summed E-state index contributed by atoms with van der Waals surface area (Å²) in [4.78, 5) is 9.32. The van der Waals surface area contributed by atoms with Gasteiger partial charge < -0.3 is 15.2 Å². The molecule has 0 fully saturated rings. The number of fused-ring (bicyclic) bond motifs is 1. The van der Waals surface area contributed by atoms with Crippen LogP contribution in [0.3, 0.4) is 0 Å². The molecule has 0 atom stereocenters. The summed E-state index contributed by atoms with van der Waals surface area (Å²) in [6.07, 6.45) is 0. The van der Waals surface area contributed by atoms with E-state index in [2.05, 4.69) is 78.8 Å². The number of pyridine rings is 1. The number of rotatable bonds is 8. The monoisotopic (exact) mass is 785 g/mol. The third-order valence-electron chi connectivity index (χ3n) is 8.78. The Balaban J connectivity index is 0.00000561. The van der Waals surface area contributed by atoms with Crippen molar-refractivity contribution in [3.05, 3.63) is 98.7 Å². The van der Waals surface area contributed by atoms with Crippen LogP contribution < -0.4 is 62.0 Å². The Morgan fingerprint density at radius 3 is 1.93 bits per heavy atom. The number of hydrogen-bond donors (Lipinski definition) is 2. The smallest absolute Gasteiger partial charge is 0.744 e. The topological polar surface area (TPSA) is 173 Å². The molecule has 0 amide bonds. The van der Waals surface area contributed by atoms with E-state index in [0.29, 0.717) is 38.4 Å². The van der Waals surface area contributed by atoms with Gasteiger partial charge in [-0.25, -0.2) is 18.4 Å². The first-order chi connectivity index (χ1) is 24.8. The molecule has 15 heteroatoms. The van der Waals surface area contributed by atoms with Crippen molar-refractivity contribution >= 4 is 66.2 Å². The molecule has 0 aliphatic rings. The second-order valence-corrected chi connectivity index (χ2v) is 16.8. The predicted octanol–water partition coefficient (Wildman–Crippen LogP) is 7.02. The van der Waals surface area contributed by atoms with Crippen molar-refractivity contribution in [3.63, 3.8) is 0 Å². The van der Waals surface area contributed by atoms with Crippen molar-refractivity contribution < 1.29 is 64.4 Å². The van der Waals surface area contributed by atoms with Gasteiger partial charge in [0.25, 0.3) is 0 Å². The summed E-state index contributed by atoms with van der Waals surface area (Å²) in [5, 5.41) is 32.1. The van der Waals surface area contributed by atoms with Crippen molar-refractivity contribution in [1.82, 2.24) is 19.7 Å². The molecule has 54 heavy (non-hydrogen) atoms. The zero-order valence-corrected chi connectivity index (χ0v) is 37.0. The minimum atomic E-state index is -4.68. The van der Waals surface area contributed by atoms with E-state index in [0.717, 1.165) is 56.1 Å². The molecule has 12 nitrogen and oxygen atoms in total. The second-order valence-electron chi connectivity index (χ2n) is 14.4. The Bertz CT molecular complexity index is 2590. The fraction of sp³-hybridized carbons (Fsp3) is 0.282. The minimum Gasteiger partial charge on any atom is -0.744 e. The van der Waals surface area contributed by atoms with Crippen LogP contribution in [-0.4, -0.2) is 32.7 Å². The average molecular weight is 786 g/mol. The Morgan fingerprint density at radius 1 is 0.815 bits per heavy atom. The molecule has 2 N–H and O–H groups in total. The molecule has 6 aromatic rings. The number of benzene rings is 3. The Hall–Kier alpha value is -3.85. The first-order valence-electron chi connectivity index (χ1n) is 16.9. The van der Waals surface area contributed by atoms with Crippen molar-refractivity contribution in [2.24, 2.45) is 10.2 Å². The Morgan fingerprint density at radius 2 is 1.39 bits per heavy atom. The van der Waals surface area contributed by atoms with Gasteiger partial charge in [-0.05, 0) is 101 Å². The maximum Gasteiger partial charge on any atom is 1.00 e. The van der Waals surface area contributed by atoms with Crippen LogP contribution in [-0.2, 0) is 15.5 Å². The summed E-state index contributed by atoms with van der Waals surface area (Å²) in [7, 11) is -4.68. The van der Waals surface area contributed by atoms with E-state index in [1.807, 2.05) is 47.6 Å². The normalized spacial score (nSPS) is 11.9. The summed E-state index contributed by atoms with van der Waals surface area (Å²) in [5.74, 6) is 1.23. The van der Waals surface area contributed by atoms with Crippen LogP contribution in [0.15, 0.2) is 63.7 Å². The van der Waals surface area contributed by atoms with Gasteiger partial charge in [0, 0.05) is 16.8 Å². The second kappa shape index (κ2) is 15.7. The largest absolute Gasteiger partial charge is 1.00 e. The summed E-state index contributed by atoms with van der Waals surface area (Å²) in [5.41, 5.74) is 10.3. The van der Waals surface area contributed by atoms with Crippen LogP contribution in [0.2, 0.25) is 0 Å². The van der Waals surface area contributed by atoms with E-state index >= 15 is 0 Å². The molecular weight excluding hydrogens is 746 g/mol. The number of nitrogens with one attached hydrogen (secondary N) is 2. The first-order valence-corrected chi connectivity index (χ1v) is 19.1. The van der Waals surface area contributed by atoms with Crippen LogP contribution in [0.25, 0.3) is 15.3 Å². The molecule has 0 aliphatic heterocycles. The van der Waals surface area contributed by atoms with Gasteiger partial charge in [-0.2, -0.15) is 15.0 Å². The van der Waals surface area contributed by atoms with E-state index in [-0.39, 0.29) is 67.7 Å². The zero-order valence-electron chi connectivity index (χ0n) is 32.3. The van der Waals surface area contributed by atoms with Gasteiger partial charge >= 0.3 is 51.4 Å². The zero-order chi connectivity index (χ0) is 38.6. The molecule has 3 aromatic carbocycles. The number of nitriles is 1. The molecule has 0 saturated carbocycles. The van der Waals surface area contributed by atoms with Crippen LogP contribution >= 0.6 is 11.3 Å². The summed E-state index contributed by atoms with van der Waals surface area (Å²) < 4.78 is 37.1. The minimum absolute atomic E-state index is 0. The van der Waals surface area contributed by atoms with Gasteiger partial charge in [-0.3, -0.25) is 0 Å². The van der Waals surface area contributed by atoms with Gasteiger partial charge in [0.2, 0.25) is 5.13 Å². The molecule has 272 valence electrons. The molecular formula is C39H40KN9O3S2. The van der Waals surface area contributed by atoms with Gasteiger partial charge in [0.15, 0.2) is 11.6 Å². The number of hydrogen-bond acceptors (Lipinski definition) is 12. The van der Waals surface area contributed by atoms with E-state index in [1.54, 1.807) is 0 Å². The number of azo groups is 1. The van der Waals surface area contributed by atoms with Gasteiger partial charge in [0.1, 0.15) is 33.3 Å². The van der Waals surface area contributed by atoms with E-state index in [9.17, 15) is 18.2 Å². The van der Waals surface area contributed by atoms with Gasteiger partial charge in [-0.15, -0.1) is 10.2 Å². The van der Waals surface area contributed by atoms with Crippen molar-refractivity contribution in [2.45, 2.75) is 79.5 Å². The maximum atomic E-state index is 11.7. The number of aromatic nitrogens is 4. The summed E-state index contributed by atoms with van der Waals surface area (Å²) >= 11 is 1.12. The predicted molar refractivity (Wildman–Crippen MR) is 209 cm³/mol. The number of aryl methyl sites for hydroxylation is 7. The molecule has 0 radical (unpaired) electrons. The van der Waals surface area contributed by atoms with Gasteiger partial charge in [-0.1, -0.05) is 67.5 Å². The fourth-order valence-electron chi connectivity index (χ4n) is 6.44. The SMILES string of the molecule is Cc1cc(C)c(Nc2cc(C)c(N=Nc3c(C#N)c(C(C)(C)C)nn3-c3nc4ccc(S(=O)(=O)[O-])cc4s3)c(Nc3c(C)cc(C)cc3C)n2)c(C)c1.[K+]. The molecule has 0 bridgehead atoms. The number of anilines is 4. The molecule has 0 unspecified atom stereocenters. The molecule has 6 rings (SSSR count). The van der Waals surface area contributed by atoms with E-state index in [1.165, 1.54) is 28.4 Å². The van der Waals surface area contributed by atoms with Crippen LogP contribution in [0.1, 0.15) is 71.0 Å². The Labute approximate surface area is 362 Å². The van der Waals surface area contributed by atoms with Crippen LogP contribution in [0.5, 0.6) is 0 Å². The van der Waals surface area contributed by atoms with E-state index < -0.39 is 15.5 Å². The third-order valence-corrected chi connectivity index (χ3v) is 10.6. The molecule has 0 aliphatic carbocycles. The van der Waals surface area contributed by atoms with Gasteiger partial charge in [0.05, 0.1) is 20.8 Å². The average Bonchev–Trinajstić information content (AvgIpc) is 3.64. The standard InChI is InChI=1S/C39H41N9O3S2.K/c1-20-13-22(3)32(23(4)14-20)42-31-17-26(7)34(36(43-31)44-33-24(5)15-21(2)16-25(33)6)45-46-37-28(19-40)35(39(8,9)10)47-48(37)38-41-29-12-11-27(53(49,50)51)18-30(29)52-38;/h11-18H,1-10H3,(H2,42,43,44)(H,49,50,51);/q;+1/p-1. The quantitative estimate of drug-likeness (QED) is 0.0935. The molecule has 3 heterocycles. The van der Waals surface area contributed by atoms with Crippen molar-refractivity contribution in [3.8, 4) is 11.2 Å². The summed E-state index contributed by atoms with van der Waals surface area (Å²) in [6, 6.07) is 16.6.